The highest BCUT2D eigenvalue weighted by Gasteiger charge is 2.61. The number of carbonyl (C=O) groups excluding carboxylic acids is 1. The zero-order chi connectivity index (χ0) is 18.7. The Hall–Kier alpha value is -0.940. The molecule has 0 radical (unpaired) electrons. The molecule has 4 bridgehead atoms. The van der Waals surface area contributed by atoms with E-state index < -0.39 is 0 Å². The molecule has 5 heteroatoms. The van der Waals surface area contributed by atoms with E-state index in [1.54, 1.807) is 18.4 Å². The van der Waals surface area contributed by atoms with Crippen LogP contribution in [0.5, 0.6) is 0 Å². The normalized spacial score (nSPS) is 33.4. The number of methoxy groups -OCH3 is 1. The summed E-state index contributed by atoms with van der Waals surface area (Å²) in [6, 6.07) is 0. The molecule has 0 spiro atoms. The second-order valence-corrected chi connectivity index (χ2v) is 10.8. The highest BCUT2D eigenvalue weighted by atomic mass is 32.1. The molecule has 0 aliphatic heterocycles. The third kappa shape index (κ3) is 2.82. The monoisotopic (exact) mass is 376 g/mol. The summed E-state index contributed by atoms with van der Waals surface area (Å²) < 4.78 is 7.50. The lowest BCUT2D eigenvalue weighted by molar-refractivity contribution is -0.129. The van der Waals surface area contributed by atoms with Crippen molar-refractivity contribution in [3.05, 3.63) is 15.4 Å². The molecular weight excluding hydrogens is 344 g/mol. The van der Waals surface area contributed by atoms with Gasteiger partial charge in [0, 0.05) is 24.2 Å². The molecule has 0 aromatic carbocycles. The van der Waals surface area contributed by atoms with Crippen molar-refractivity contribution in [3.63, 3.8) is 0 Å². The molecule has 2 unspecified atom stereocenters. The number of aromatic nitrogens is 1. The van der Waals surface area contributed by atoms with Gasteiger partial charge in [-0.05, 0) is 62.2 Å². The van der Waals surface area contributed by atoms with Crippen LogP contribution in [0.2, 0.25) is 0 Å². The summed E-state index contributed by atoms with van der Waals surface area (Å²) in [6.45, 7) is 10.2. The van der Waals surface area contributed by atoms with Gasteiger partial charge in [0.05, 0.1) is 12.0 Å². The molecule has 4 fully saturated rings. The molecule has 4 saturated carbocycles. The number of carbonyl (C=O) groups is 1. The minimum Gasteiger partial charge on any atom is -0.383 e. The number of hydrogen-bond acceptors (Lipinski definition) is 3. The van der Waals surface area contributed by atoms with Gasteiger partial charge in [-0.3, -0.25) is 4.79 Å². The van der Waals surface area contributed by atoms with Crippen LogP contribution in [-0.4, -0.2) is 24.2 Å². The zero-order valence-electron chi connectivity index (χ0n) is 16.8. The minimum atomic E-state index is -0.132. The highest BCUT2D eigenvalue weighted by Crippen LogP contribution is 2.65. The fourth-order valence-electron chi connectivity index (χ4n) is 6.05. The van der Waals surface area contributed by atoms with Crippen LogP contribution >= 0.6 is 11.3 Å². The van der Waals surface area contributed by atoms with Crippen LogP contribution in [0.3, 0.4) is 0 Å². The first-order chi connectivity index (χ1) is 12.2. The average Bonchev–Trinajstić information content (AvgIpc) is 3.10. The maximum atomic E-state index is 13.4. The summed E-state index contributed by atoms with van der Waals surface area (Å²) in [5.74, 6) is 2.32. The summed E-state index contributed by atoms with van der Waals surface area (Å²) in [5, 5.41) is 0. The molecule has 4 aliphatic carbocycles. The van der Waals surface area contributed by atoms with Gasteiger partial charge in [0.2, 0.25) is 0 Å². The fourth-order valence-corrected chi connectivity index (χ4v) is 7.27. The van der Waals surface area contributed by atoms with Gasteiger partial charge in [0.25, 0.3) is 5.91 Å². The number of ether oxygens (including phenoxy) is 1. The largest absolute Gasteiger partial charge is 0.383 e. The number of hydrogen-bond donors (Lipinski definition) is 0. The predicted octanol–water partition coefficient (Wildman–Crippen LogP) is 4.06. The van der Waals surface area contributed by atoms with Crippen molar-refractivity contribution in [3.8, 4) is 0 Å². The van der Waals surface area contributed by atoms with E-state index in [4.69, 9.17) is 9.73 Å². The van der Waals surface area contributed by atoms with Gasteiger partial charge in [-0.25, -0.2) is 0 Å². The lowest BCUT2D eigenvalue weighted by atomic mass is 9.75. The second kappa shape index (κ2) is 6.30. The first kappa shape index (κ1) is 18.4. The van der Waals surface area contributed by atoms with Gasteiger partial charge in [-0.1, -0.05) is 20.8 Å². The molecule has 5 rings (SSSR count). The predicted molar refractivity (Wildman–Crippen MR) is 104 cm³/mol. The van der Waals surface area contributed by atoms with Gasteiger partial charge >= 0.3 is 0 Å². The van der Waals surface area contributed by atoms with E-state index in [9.17, 15) is 4.79 Å². The van der Waals surface area contributed by atoms with Crippen molar-refractivity contribution in [1.29, 1.82) is 0 Å². The van der Waals surface area contributed by atoms with Crippen molar-refractivity contribution < 1.29 is 9.53 Å². The Kier molecular flexibility index (Phi) is 4.47. The molecular formula is C21H32N2O2S. The Morgan fingerprint density at radius 2 is 1.92 bits per heavy atom. The molecule has 4 aliphatic rings. The van der Waals surface area contributed by atoms with Crippen molar-refractivity contribution in [1.82, 2.24) is 4.57 Å². The molecule has 26 heavy (non-hydrogen) atoms. The third-order valence-corrected chi connectivity index (χ3v) is 8.58. The van der Waals surface area contributed by atoms with Crippen LogP contribution in [0.4, 0.5) is 0 Å². The summed E-state index contributed by atoms with van der Waals surface area (Å²) in [7, 11) is 1.72. The van der Waals surface area contributed by atoms with Crippen molar-refractivity contribution in [2.24, 2.45) is 28.2 Å². The van der Waals surface area contributed by atoms with E-state index in [0.717, 1.165) is 36.0 Å². The van der Waals surface area contributed by atoms with Crippen molar-refractivity contribution >= 4 is 17.2 Å². The first-order valence-corrected chi connectivity index (χ1v) is 10.8. The van der Waals surface area contributed by atoms with Crippen LogP contribution in [0.15, 0.2) is 4.99 Å². The van der Waals surface area contributed by atoms with Crippen LogP contribution in [0.25, 0.3) is 0 Å². The molecule has 2 atom stereocenters. The Bertz CT molecular complexity index is 769. The highest BCUT2D eigenvalue weighted by molar-refractivity contribution is 7.09. The quantitative estimate of drug-likeness (QED) is 0.795. The van der Waals surface area contributed by atoms with Gasteiger partial charge in [0.15, 0.2) is 4.80 Å². The Morgan fingerprint density at radius 1 is 1.27 bits per heavy atom. The minimum absolute atomic E-state index is 0.0591. The smallest absolute Gasteiger partial charge is 0.254 e. The van der Waals surface area contributed by atoms with Crippen LogP contribution < -0.4 is 4.80 Å². The van der Waals surface area contributed by atoms with E-state index in [1.165, 1.54) is 29.8 Å². The van der Waals surface area contributed by atoms with Crippen LogP contribution in [0, 0.1) is 30.1 Å². The summed E-state index contributed by atoms with van der Waals surface area (Å²) >= 11 is 1.69. The van der Waals surface area contributed by atoms with Gasteiger partial charge in [0.1, 0.15) is 0 Å². The zero-order valence-corrected chi connectivity index (χ0v) is 17.6. The Morgan fingerprint density at radius 3 is 2.50 bits per heavy atom. The molecule has 0 saturated heterocycles. The fraction of sp³-hybridized carbons (Fsp3) is 0.810. The van der Waals surface area contributed by atoms with Gasteiger partial charge in [-0.15, -0.1) is 11.3 Å². The van der Waals surface area contributed by atoms with Gasteiger partial charge < -0.3 is 9.30 Å². The molecule has 1 aromatic rings. The molecule has 1 amide bonds. The van der Waals surface area contributed by atoms with E-state index >= 15 is 0 Å². The number of nitrogens with zero attached hydrogens (tertiary/aromatic N) is 2. The summed E-state index contributed by atoms with van der Waals surface area (Å²) in [4.78, 5) is 20.3. The topological polar surface area (TPSA) is 43.6 Å². The van der Waals surface area contributed by atoms with E-state index in [0.29, 0.717) is 12.5 Å². The lowest BCUT2D eigenvalue weighted by Gasteiger charge is -2.29. The maximum absolute atomic E-state index is 13.4. The first-order valence-electron chi connectivity index (χ1n) is 10.0. The lowest BCUT2D eigenvalue weighted by Crippen LogP contribution is -2.33. The number of rotatable bonds is 4. The molecule has 1 heterocycles. The standard InChI is InChI=1S/C21H32N2O2S/c1-13-17(20(2,3)4)26-19(23(13)6-7-25-5)22-18(24)21-11-14-8-15(12-21)10-16(21)9-14/h14-16H,6-12H2,1-5H3. The second-order valence-electron chi connectivity index (χ2n) is 9.81. The van der Waals surface area contributed by atoms with Crippen LogP contribution in [-0.2, 0) is 21.5 Å². The summed E-state index contributed by atoms with van der Waals surface area (Å²) in [6.07, 6.45) is 6.05. The summed E-state index contributed by atoms with van der Waals surface area (Å²) in [5.41, 5.74) is 1.15. The molecule has 144 valence electrons. The van der Waals surface area contributed by atoms with E-state index in [2.05, 4.69) is 32.3 Å². The van der Waals surface area contributed by atoms with E-state index in [1.807, 2.05) is 0 Å². The number of amides is 1. The maximum Gasteiger partial charge on any atom is 0.254 e. The molecule has 1 aromatic heterocycles. The third-order valence-electron chi connectivity index (χ3n) is 6.97. The SMILES string of the molecule is COCCn1c(C)c(C(C)(C)C)sc1=NC(=O)C12CC3CC(CC1C3)C2. The Labute approximate surface area is 160 Å². The van der Waals surface area contributed by atoms with E-state index in [-0.39, 0.29) is 16.7 Å². The van der Waals surface area contributed by atoms with Crippen molar-refractivity contribution in [2.45, 2.75) is 71.8 Å². The Balaban J connectivity index is 1.73. The van der Waals surface area contributed by atoms with Crippen molar-refractivity contribution in [2.75, 3.05) is 13.7 Å². The average molecular weight is 377 g/mol. The van der Waals surface area contributed by atoms with Crippen LogP contribution in [0.1, 0.15) is 63.4 Å². The molecule has 0 N–H and O–H groups in total. The number of thiazole rings is 1. The van der Waals surface area contributed by atoms with Gasteiger partial charge in [-0.2, -0.15) is 4.99 Å². The molecule has 4 nitrogen and oxygen atoms in total.